The Labute approximate surface area is 161 Å². The van der Waals surface area contributed by atoms with Crippen LogP contribution in [0.4, 0.5) is 11.4 Å². The van der Waals surface area contributed by atoms with Crippen LogP contribution < -0.4 is 5.01 Å². The summed E-state index contributed by atoms with van der Waals surface area (Å²) in [6.45, 7) is 0.560. The van der Waals surface area contributed by atoms with Crippen LogP contribution in [0, 0.1) is 10.1 Å². The van der Waals surface area contributed by atoms with Crippen molar-refractivity contribution in [2.75, 3.05) is 5.01 Å². The highest BCUT2D eigenvalue weighted by molar-refractivity contribution is 5.77. The molecule has 0 spiro atoms. The molecule has 3 aromatic carbocycles. The third-order valence-corrected chi connectivity index (χ3v) is 4.42. The lowest BCUT2D eigenvalue weighted by molar-refractivity contribution is -0.384. The molecule has 0 radical (unpaired) electrons. The smallest absolute Gasteiger partial charge is 0.274 e. The lowest BCUT2D eigenvalue weighted by Gasteiger charge is -2.25. The Morgan fingerprint density at radius 2 is 1.54 bits per heavy atom. The summed E-state index contributed by atoms with van der Waals surface area (Å²) in [5, 5.41) is 21.3. The first-order valence-corrected chi connectivity index (χ1v) is 8.72. The van der Waals surface area contributed by atoms with Gasteiger partial charge in [-0.1, -0.05) is 60.7 Å². The molecule has 0 amide bonds. The minimum absolute atomic E-state index is 0.0679. The molecule has 0 N–H and O–H groups in total. The quantitative estimate of drug-likeness (QED) is 0.372. The van der Waals surface area contributed by atoms with Crippen molar-refractivity contribution in [3.63, 3.8) is 0 Å². The van der Waals surface area contributed by atoms with Crippen LogP contribution in [0.1, 0.15) is 5.56 Å². The number of nitro groups is 1. The number of hydrogen-bond donors (Lipinski definition) is 0. The predicted octanol–water partition coefficient (Wildman–Crippen LogP) is 4.32. The lowest BCUT2D eigenvalue weighted by atomic mass is 10.0. The molecular weight excluding hydrogens is 354 g/mol. The van der Waals surface area contributed by atoms with Gasteiger partial charge in [-0.05, 0) is 23.3 Å². The van der Waals surface area contributed by atoms with Crippen LogP contribution in [-0.4, -0.2) is 19.8 Å². The van der Waals surface area contributed by atoms with Crippen molar-refractivity contribution in [1.82, 2.24) is 14.9 Å². The van der Waals surface area contributed by atoms with Crippen LogP contribution >= 0.6 is 0 Å². The second-order valence-corrected chi connectivity index (χ2v) is 6.21. The van der Waals surface area contributed by atoms with Crippen molar-refractivity contribution < 1.29 is 4.92 Å². The van der Waals surface area contributed by atoms with E-state index in [0.29, 0.717) is 12.1 Å². The first-order valence-electron chi connectivity index (χ1n) is 8.72. The van der Waals surface area contributed by atoms with Crippen LogP contribution in [0.5, 0.6) is 0 Å². The van der Waals surface area contributed by atoms with E-state index in [1.807, 2.05) is 71.7 Å². The molecule has 4 rings (SSSR count). The van der Waals surface area contributed by atoms with Crippen molar-refractivity contribution >= 4 is 11.4 Å². The van der Waals surface area contributed by atoms with Gasteiger partial charge in [0.2, 0.25) is 0 Å². The summed E-state index contributed by atoms with van der Waals surface area (Å²) in [4.78, 5) is 11.2. The number of aromatic nitrogens is 3. The summed E-state index contributed by atoms with van der Waals surface area (Å²) >= 11 is 0. The Morgan fingerprint density at radius 1 is 0.893 bits per heavy atom. The maximum absolute atomic E-state index is 11.6. The minimum atomic E-state index is -0.355. The molecule has 0 saturated heterocycles. The normalized spacial score (nSPS) is 10.6. The monoisotopic (exact) mass is 371 g/mol. The average molecular weight is 371 g/mol. The van der Waals surface area contributed by atoms with Crippen molar-refractivity contribution in [2.24, 2.45) is 0 Å². The van der Waals surface area contributed by atoms with E-state index < -0.39 is 0 Å². The summed E-state index contributed by atoms with van der Waals surface area (Å²) in [7, 11) is 0. The molecule has 0 aliphatic carbocycles. The van der Waals surface area contributed by atoms with Crippen molar-refractivity contribution in [1.29, 1.82) is 0 Å². The molecular formula is C21H17N5O2. The van der Waals surface area contributed by atoms with Crippen molar-refractivity contribution in [2.45, 2.75) is 6.54 Å². The summed E-state index contributed by atoms with van der Waals surface area (Å²) in [5.74, 6) is 0. The van der Waals surface area contributed by atoms with Gasteiger partial charge in [0.15, 0.2) is 0 Å². The topological polar surface area (TPSA) is 77.1 Å². The Bertz CT molecular complexity index is 1070. The Balaban J connectivity index is 1.81. The molecule has 0 aliphatic heterocycles. The highest BCUT2D eigenvalue weighted by Gasteiger charge is 2.19. The van der Waals surface area contributed by atoms with E-state index >= 15 is 0 Å². The zero-order valence-electron chi connectivity index (χ0n) is 14.9. The van der Waals surface area contributed by atoms with Gasteiger partial charge in [-0.15, -0.1) is 10.2 Å². The fraction of sp³-hybridized carbons (Fsp3) is 0.0476. The molecule has 138 valence electrons. The molecule has 0 aliphatic rings. The first kappa shape index (κ1) is 17.4. The number of benzene rings is 3. The molecule has 1 aromatic heterocycles. The zero-order chi connectivity index (χ0) is 19.3. The highest BCUT2D eigenvalue weighted by atomic mass is 16.6. The number of hydrogen-bond acceptors (Lipinski definition) is 5. The average Bonchev–Trinajstić information content (AvgIpc) is 3.27. The van der Waals surface area contributed by atoms with E-state index in [4.69, 9.17) is 0 Å². The van der Waals surface area contributed by atoms with Crippen LogP contribution in [0.15, 0.2) is 91.5 Å². The van der Waals surface area contributed by atoms with Crippen LogP contribution in [0.3, 0.4) is 0 Å². The number of rotatable bonds is 6. The number of anilines is 1. The van der Waals surface area contributed by atoms with E-state index in [1.54, 1.807) is 29.5 Å². The third-order valence-electron chi connectivity index (χ3n) is 4.42. The van der Waals surface area contributed by atoms with Gasteiger partial charge in [0, 0.05) is 6.07 Å². The lowest BCUT2D eigenvalue weighted by Crippen LogP contribution is -2.27. The van der Waals surface area contributed by atoms with Gasteiger partial charge in [-0.2, -0.15) is 0 Å². The van der Waals surface area contributed by atoms with Crippen LogP contribution in [0.2, 0.25) is 0 Å². The van der Waals surface area contributed by atoms with Gasteiger partial charge < -0.3 is 0 Å². The minimum Gasteiger partial charge on any atom is -0.274 e. The van der Waals surface area contributed by atoms with Gasteiger partial charge in [-0.3, -0.25) is 15.1 Å². The number of nitrogens with zero attached hydrogens (tertiary/aromatic N) is 5. The molecule has 0 atom stereocenters. The van der Waals surface area contributed by atoms with Crippen LogP contribution in [0.25, 0.3) is 11.1 Å². The van der Waals surface area contributed by atoms with E-state index in [1.165, 1.54) is 0 Å². The van der Waals surface area contributed by atoms with E-state index in [9.17, 15) is 10.1 Å². The van der Waals surface area contributed by atoms with Gasteiger partial charge >= 0.3 is 0 Å². The van der Waals surface area contributed by atoms with Crippen LogP contribution in [-0.2, 0) is 6.54 Å². The molecule has 4 aromatic rings. The van der Waals surface area contributed by atoms with Gasteiger partial charge in [0.25, 0.3) is 5.69 Å². The largest absolute Gasteiger partial charge is 0.277 e. The fourth-order valence-corrected chi connectivity index (χ4v) is 3.08. The molecule has 0 fully saturated rings. The SMILES string of the molecule is O=[N+]([O-])c1ccc(N(Cc2ccccc2)n2cnnc2)cc1-c1ccccc1. The maximum Gasteiger partial charge on any atom is 0.277 e. The molecule has 1 heterocycles. The number of nitro benzene ring substituents is 1. The highest BCUT2D eigenvalue weighted by Crippen LogP contribution is 2.34. The molecule has 0 unspecified atom stereocenters. The summed E-state index contributed by atoms with van der Waals surface area (Å²) < 4.78 is 1.77. The Kier molecular flexibility index (Phi) is 4.79. The van der Waals surface area contributed by atoms with E-state index in [2.05, 4.69) is 10.2 Å². The third kappa shape index (κ3) is 3.59. The summed E-state index contributed by atoms with van der Waals surface area (Å²) in [6, 6.07) is 24.4. The fourth-order valence-electron chi connectivity index (χ4n) is 3.08. The molecule has 7 nitrogen and oxygen atoms in total. The molecule has 28 heavy (non-hydrogen) atoms. The van der Waals surface area contributed by atoms with Crippen molar-refractivity contribution in [3.8, 4) is 11.1 Å². The van der Waals surface area contributed by atoms with Gasteiger partial charge in [0.05, 0.1) is 22.7 Å². The van der Waals surface area contributed by atoms with Gasteiger partial charge in [0.1, 0.15) is 12.7 Å². The standard InChI is InChI=1S/C21H17N5O2/c27-26(28)21-12-11-19(13-20(21)18-9-5-2-6-10-18)25(24-15-22-23-16-24)14-17-7-3-1-4-8-17/h1-13,15-16H,14H2. The second kappa shape index (κ2) is 7.71. The van der Waals surface area contributed by atoms with Gasteiger partial charge in [-0.25, -0.2) is 4.68 Å². The van der Waals surface area contributed by atoms with E-state index in [0.717, 1.165) is 16.8 Å². The molecule has 0 bridgehead atoms. The molecule has 0 saturated carbocycles. The maximum atomic E-state index is 11.6. The summed E-state index contributed by atoms with van der Waals surface area (Å²) in [6.07, 6.45) is 3.21. The Hall–Kier alpha value is -4.00. The molecule has 7 heteroatoms. The zero-order valence-corrected chi connectivity index (χ0v) is 14.9. The predicted molar refractivity (Wildman–Crippen MR) is 107 cm³/mol. The van der Waals surface area contributed by atoms with Crippen molar-refractivity contribution in [3.05, 3.63) is 107 Å². The first-order chi connectivity index (χ1) is 13.7. The second-order valence-electron chi connectivity index (χ2n) is 6.21. The van der Waals surface area contributed by atoms with E-state index in [-0.39, 0.29) is 10.6 Å². The summed E-state index contributed by atoms with van der Waals surface area (Å²) in [5.41, 5.74) is 3.32. The Morgan fingerprint density at radius 3 is 2.18 bits per heavy atom.